The highest BCUT2D eigenvalue weighted by molar-refractivity contribution is 7.92. The molecule has 1 aromatic rings. The zero-order chi connectivity index (χ0) is 14.8. The number of hydrogen-bond acceptors (Lipinski definition) is 4. The molecule has 1 N–H and O–H groups in total. The molecular formula is C13H18N2O4S. The van der Waals surface area contributed by atoms with E-state index in [2.05, 4.69) is 4.72 Å². The summed E-state index contributed by atoms with van der Waals surface area (Å²) in [6.45, 7) is 2.10. The van der Waals surface area contributed by atoms with Gasteiger partial charge in [-0.25, -0.2) is 13.2 Å². The third kappa shape index (κ3) is 3.86. The Bertz CT molecular complexity index is 579. The third-order valence-electron chi connectivity index (χ3n) is 2.83. The number of sulfonamides is 1. The largest absolute Gasteiger partial charge is 0.449 e. The number of ether oxygens (including phenoxy) is 1. The summed E-state index contributed by atoms with van der Waals surface area (Å²) in [5.74, 6) is 0. The van der Waals surface area contributed by atoms with Crippen LogP contribution in [0.5, 0.6) is 0 Å². The fourth-order valence-corrected chi connectivity index (χ4v) is 2.46. The van der Waals surface area contributed by atoms with Crippen molar-refractivity contribution in [3.8, 4) is 0 Å². The molecule has 0 radical (unpaired) electrons. The minimum absolute atomic E-state index is 0.183. The van der Waals surface area contributed by atoms with Crippen LogP contribution in [0.1, 0.15) is 19.8 Å². The predicted molar refractivity (Wildman–Crippen MR) is 77.4 cm³/mol. The number of amides is 1. The van der Waals surface area contributed by atoms with Gasteiger partial charge in [-0.15, -0.1) is 0 Å². The van der Waals surface area contributed by atoms with Crippen LogP contribution in [0, 0.1) is 0 Å². The van der Waals surface area contributed by atoms with Gasteiger partial charge in [0.1, 0.15) is 0 Å². The van der Waals surface area contributed by atoms with E-state index in [4.69, 9.17) is 4.74 Å². The van der Waals surface area contributed by atoms with Gasteiger partial charge in [0.15, 0.2) is 0 Å². The van der Waals surface area contributed by atoms with Gasteiger partial charge in [-0.05, 0) is 44.0 Å². The SMILES string of the molecule is CCOC(=O)N(c1ccc(NS(C)(=O)=O)cc1)C1CC1. The van der Waals surface area contributed by atoms with E-state index >= 15 is 0 Å². The van der Waals surface area contributed by atoms with Crippen molar-refractivity contribution in [1.82, 2.24) is 0 Å². The summed E-state index contributed by atoms with van der Waals surface area (Å²) in [6.07, 6.45) is 2.65. The maximum Gasteiger partial charge on any atom is 0.414 e. The smallest absolute Gasteiger partial charge is 0.414 e. The van der Waals surface area contributed by atoms with Crippen LogP contribution in [0.2, 0.25) is 0 Å². The highest BCUT2D eigenvalue weighted by Crippen LogP contribution is 2.32. The Hall–Kier alpha value is -1.76. The molecule has 0 atom stereocenters. The summed E-state index contributed by atoms with van der Waals surface area (Å²) in [5.41, 5.74) is 1.18. The van der Waals surface area contributed by atoms with Gasteiger partial charge < -0.3 is 4.74 Å². The van der Waals surface area contributed by atoms with Gasteiger partial charge in [0.2, 0.25) is 10.0 Å². The maximum absolute atomic E-state index is 11.9. The molecule has 6 nitrogen and oxygen atoms in total. The number of nitrogens with zero attached hydrogens (tertiary/aromatic N) is 1. The molecule has 0 aromatic heterocycles. The van der Waals surface area contributed by atoms with Gasteiger partial charge in [-0.1, -0.05) is 0 Å². The second kappa shape index (κ2) is 5.70. The van der Waals surface area contributed by atoms with E-state index in [1.54, 1.807) is 36.1 Å². The molecule has 1 aromatic carbocycles. The number of nitrogens with one attached hydrogen (secondary N) is 1. The number of benzene rings is 1. The Kier molecular flexibility index (Phi) is 4.17. The van der Waals surface area contributed by atoms with Crippen LogP contribution in [-0.2, 0) is 14.8 Å². The quantitative estimate of drug-likeness (QED) is 0.904. The van der Waals surface area contributed by atoms with Crippen LogP contribution in [0.15, 0.2) is 24.3 Å². The zero-order valence-corrected chi connectivity index (χ0v) is 12.3. The molecule has 110 valence electrons. The van der Waals surface area contributed by atoms with Gasteiger partial charge in [0, 0.05) is 17.4 Å². The van der Waals surface area contributed by atoms with Gasteiger partial charge in [-0.3, -0.25) is 9.62 Å². The first-order valence-corrected chi connectivity index (χ1v) is 8.33. The third-order valence-corrected chi connectivity index (χ3v) is 3.43. The fraction of sp³-hybridized carbons (Fsp3) is 0.462. The number of hydrogen-bond donors (Lipinski definition) is 1. The van der Waals surface area contributed by atoms with Crippen LogP contribution in [0.25, 0.3) is 0 Å². The number of anilines is 2. The normalized spacial score (nSPS) is 14.7. The summed E-state index contributed by atoms with van der Waals surface area (Å²) in [4.78, 5) is 13.5. The lowest BCUT2D eigenvalue weighted by Crippen LogP contribution is -2.33. The second-order valence-electron chi connectivity index (χ2n) is 4.72. The maximum atomic E-state index is 11.9. The highest BCUT2D eigenvalue weighted by Gasteiger charge is 2.34. The summed E-state index contributed by atoms with van der Waals surface area (Å²) >= 11 is 0. The lowest BCUT2D eigenvalue weighted by molar-refractivity contribution is 0.159. The predicted octanol–water partition coefficient (Wildman–Crippen LogP) is 2.18. The molecule has 0 saturated heterocycles. The van der Waals surface area contributed by atoms with Gasteiger partial charge in [0.05, 0.1) is 12.9 Å². The lowest BCUT2D eigenvalue weighted by Gasteiger charge is -2.21. The first kappa shape index (κ1) is 14.6. The minimum Gasteiger partial charge on any atom is -0.449 e. The highest BCUT2D eigenvalue weighted by atomic mass is 32.2. The van der Waals surface area contributed by atoms with Crippen LogP contribution in [-0.4, -0.2) is 33.4 Å². The fourth-order valence-electron chi connectivity index (χ4n) is 1.90. The van der Waals surface area contributed by atoms with Crippen LogP contribution in [0.3, 0.4) is 0 Å². The monoisotopic (exact) mass is 298 g/mol. The Morgan fingerprint density at radius 2 is 1.95 bits per heavy atom. The van der Waals surface area contributed by atoms with Crippen LogP contribution >= 0.6 is 0 Å². The topological polar surface area (TPSA) is 75.7 Å². The summed E-state index contributed by atoms with van der Waals surface area (Å²) in [7, 11) is -3.29. The summed E-state index contributed by atoms with van der Waals surface area (Å²) in [5, 5.41) is 0. The number of carbonyl (C=O) groups excluding carboxylic acids is 1. The number of rotatable bonds is 5. The first-order valence-electron chi connectivity index (χ1n) is 6.44. The van der Waals surface area contributed by atoms with E-state index in [0.717, 1.165) is 19.1 Å². The van der Waals surface area contributed by atoms with E-state index < -0.39 is 10.0 Å². The van der Waals surface area contributed by atoms with Gasteiger partial charge in [0.25, 0.3) is 0 Å². The molecule has 0 spiro atoms. The summed E-state index contributed by atoms with van der Waals surface area (Å²) in [6, 6.07) is 6.87. The van der Waals surface area contributed by atoms with Crippen molar-refractivity contribution < 1.29 is 17.9 Å². The first-order chi connectivity index (χ1) is 9.40. The molecule has 0 unspecified atom stereocenters. The average Bonchev–Trinajstić information content (AvgIpc) is 3.14. The Balaban J connectivity index is 2.16. The molecule has 2 rings (SSSR count). The van der Waals surface area contributed by atoms with E-state index in [0.29, 0.717) is 18.0 Å². The number of carbonyl (C=O) groups is 1. The van der Waals surface area contributed by atoms with Crippen molar-refractivity contribution in [3.63, 3.8) is 0 Å². The minimum atomic E-state index is -3.29. The lowest BCUT2D eigenvalue weighted by atomic mass is 10.2. The summed E-state index contributed by atoms with van der Waals surface area (Å²) < 4.78 is 29.7. The van der Waals surface area contributed by atoms with Crippen molar-refractivity contribution >= 4 is 27.5 Å². The van der Waals surface area contributed by atoms with E-state index in [1.807, 2.05) is 0 Å². The van der Waals surface area contributed by atoms with E-state index in [1.165, 1.54) is 0 Å². The molecule has 1 fully saturated rings. The second-order valence-corrected chi connectivity index (χ2v) is 6.47. The van der Waals surface area contributed by atoms with Crippen molar-refractivity contribution in [2.75, 3.05) is 22.5 Å². The van der Waals surface area contributed by atoms with Crippen molar-refractivity contribution in [2.45, 2.75) is 25.8 Å². The van der Waals surface area contributed by atoms with Crippen molar-refractivity contribution in [1.29, 1.82) is 0 Å². The Morgan fingerprint density at radius 3 is 2.40 bits per heavy atom. The van der Waals surface area contributed by atoms with Crippen molar-refractivity contribution in [2.24, 2.45) is 0 Å². The standard InChI is InChI=1S/C13H18N2O4S/c1-3-19-13(16)15(12-8-9-12)11-6-4-10(5-7-11)14-20(2,17)18/h4-7,12,14H,3,8-9H2,1-2H3. The Morgan fingerprint density at radius 1 is 1.35 bits per heavy atom. The zero-order valence-electron chi connectivity index (χ0n) is 11.5. The molecule has 0 aliphatic heterocycles. The van der Waals surface area contributed by atoms with Gasteiger partial charge >= 0.3 is 6.09 Å². The van der Waals surface area contributed by atoms with Crippen molar-refractivity contribution in [3.05, 3.63) is 24.3 Å². The molecule has 20 heavy (non-hydrogen) atoms. The van der Waals surface area contributed by atoms with Gasteiger partial charge in [-0.2, -0.15) is 0 Å². The molecule has 1 aliphatic rings. The van der Waals surface area contributed by atoms with Crippen LogP contribution < -0.4 is 9.62 Å². The average molecular weight is 298 g/mol. The van der Waals surface area contributed by atoms with E-state index in [-0.39, 0.29) is 12.1 Å². The van der Waals surface area contributed by atoms with Crippen LogP contribution in [0.4, 0.5) is 16.2 Å². The van der Waals surface area contributed by atoms with E-state index in [9.17, 15) is 13.2 Å². The molecule has 0 heterocycles. The molecule has 1 saturated carbocycles. The molecule has 1 aliphatic carbocycles. The molecule has 7 heteroatoms. The molecule has 0 bridgehead atoms. The Labute approximate surface area is 118 Å². The molecule has 1 amide bonds. The molecular weight excluding hydrogens is 280 g/mol.